The maximum atomic E-state index is 5.75. The van der Waals surface area contributed by atoms with E-state index in [1.54, 1.807) is 6.08 Å². The zero-order valence-corrected chi connectivity index (χ0v) is 14.4. The molecule has 0 atom stereocenters. The Morgan fingerprint density at radius 2 is 1.82 bits per heavy atom. The predicted octanol–water partition coefficient (Wildman–Crippen LogP) is 5.75. The van der Waals surface area contributed by atoms with Crippen LogP contribution in [0.15, 0.2) is 72.9 Å². The molecule has 1 rings (SSSR count). The van der Waals surface area contributed by atoms with Crippen LogP contribution in [0.5, 0.6) is 0 Å². The fraction of sp³-hybridized carbons (Fsp3) is 0.333. The normalized spacial score (nSPS) is 12.6. The molecule has 118 valence electrons. The van der Waals surface area contributed by atoms with Gasteiger partial charge in [-0.25, -0.2) is 0 Å². The Kier molecular flexibility index (Phi) is 7.07. The Morgan fingerprint density at radius 3 is 2.36 bits per heavy atom. The van der Waals surface area contributed by atoms with Gasteiger partial charge in [-0.15, -0.1) is 0 Å². The van der Waals surface area contributed by atoms with Crippen molar-refractivity contribution >= 4 is 0 Å². The van der Waals surface area contributed by atoms with E-state index >= 15 is 0 Å². The van der Waals surface area contributed by atoms with E-state index in [1.165, 1.54) is 16.7 Å². The average Bonchev–Trinajstić information content (AvgIpc) is 2.46. The zero-order chi connectivity index (χ0) is 16.6. The van der Waals surface area contributed by atoms with Crippen molar-refractivity contribution in [3.05, 3.63) is 84.0 Å². The molecule has 1 nitrogen and oxygen atoms in total. The molecule has 0 N–H and O–H groups in total. The van der Waals surface area contributed by atoms with Gasteiger partial charge < -0.3 is 4.74 Å². The molecule has 22 heavy (non-hydrogen) atoms. The maximum absolute atomic E-state index is 5.75. The summed E-state index contributed by atoms with van der Waals surface area (Å²) in [4.78, 5) is 0. The molecule has 0 fully saturated rings. The summed E-state index contributed by atoms with van der Waals surface area (Å²) >= 11 is 0. The smallest absolute Gasteiger partial charge is 0.0721 e. The molecule has 1 aromatic carbocycles. The number of benzene rings is 1. The summed E-state index contributed by atoms with van der Waals surface area (Å²) in [5, 5.41) is 0. The monoisotopic (exact) mass is 296 g/mol. The van der Waals surface area contributed by atoms with E-state index in [4.69, 9.17) is 4.74 Å². The lowest BCUT2D eigenvalue weighted by Crippen LogP contribution is -2.10. The highest BCUT2D eigenvalue weighted by Crippen LogP contribution is 2.22. The first-order valence-corrected chi connectivity index (χ1v) is 7.65. The molecule has 1 heteroatoms. The number of allylic oxidation sites excluding steroid dienone is 5. The van der Waals surface area contributed by atoms with Crippen molar-refractivity contribution < 1.29 is 4.74 Å². The van der Waals surface area contributed by atoms with Crippen molar-refractivity contribution in [3.63, 3.8) is 0 Å². The maximum Gasteiger partial charge on any atom is 0.0721 e. The highest BCUT2D eigenvalue weighted by Gasteiger charge is 2.12. The average molecular weight is 296 g/mol. The van der Waals surface area contributed by atoms with Crippen molar-refractivity contribution in [2.24, 2.45) is 0 Å². The Hall–Kier alpha value is -1.86. The fourth-order valence-corrected chi connectivity index (χ4v) is 1.88. The minimum atomic E-state index is 0.195. The number of ether oxygens (including phenoxy) is 1. The Bertz CT molecular complexity index is 551. The lowest BCUT2D eigenvalue weighted by atomic mass is 9.87. The van der Waals surface area contributed by atoms with Crippen molar-refractivity contribution in [3.8, 4) is 0 Å². The molecule has 0 aliphatic heterocycles. The van der Waals surface area contributed by atoms with Crippen LogP contribution in [-0.4, -0.2) is 6.61 Å². The van der Waals surface area contributed by atoms with Gasteiger partial charge in [0.25, 0.3) is 0 Å². The first-order chi connectivity index (χ1) is 10.3. The molecule has 0 aliphatic rings. The van der Waals surface area contributed by atoms with E-state index in [-0.39, 0.29) is 5.41 Å². The van der Waals surface area contributed by atoms with E-state index in [9.17, 15) is 0 Å². The van der Waals surface area contributed by atoms with Crippen molar-refractivity contribution in [2.75, 3.05) is 6.61 Å². The van der Waals surface area contributed by atoms with Gasteiger partial charge in [-0.3, -0.25) is 0 Å². The highest BCUT2D eigenvalue weighted by molar-refractivity contribution is 5.29. The summed E-state index contributed by atoms with van der Waals surface area (Å²) in [6, 6.07) is 8.66. The van der Waals surface area contributed by atoms with Crippen LogP contribution >= 0.6 is 0 Å². The minimum absolute atomic E-state index is 0.195. The van der Waals surface area contributed by atoms with E-state index < -0.39 is 0 Å². The van der Waals surface area contributed by atoms with Crippen LogP contribution in [-0.2, 0) is 16.8 Å². The third-order valence-corrected chi connectivity index (χ3v) is 3.37. The Balaban J connectivity index is 2.44. The molecule has 0 aromatic heterocycles. The van der Waals surface area contributed by atoms with Crippen LogP contribution in [0.4, 0.5) is 0 Å². The van der Waals surface area contributed by atoms with Gasteiger partial charge in [0, 0.05) is 0 Å². The summed E-state index contributed by atoms with van der Waals surface area (Å²) < 4.78 is 5.75. The fourth-order valence-electron chi connectivity index (χ4n) is 1.88. The van der Waals surface area contributed by atoms with Gasteiger partial charge >= 0.3 is 0 Å². The van der Waals surface area contributed by atoms with Gasteiger partial charge in [0.05, 0.1) is 13.2 Å². The van der Waals surface area contributed by atoms with Crippen LogP contribution < -0.4 is 0 Å². The van der Waals surface area contributed by atoms with Gasteiger partial charge in [-0.1, -0.05) is 82.5 Å². The molecule has 0 saturated heterocycles. The van der Waals surface area contributed by atoms with Gasteiger partial charge in [-0.05, 0) is 34.6 Å². The SMILES string of the molecule is C=CC(=C)/C=C\C=C(/C)COCc1ccc(C(C)(C)C)cc1. The molecule has 0 radical (unpaired) electrons. The summed E-state index contributed by atoms with van der Waals surface area (Å²) in [6.07, 6.45) is 7.68. The number of hydrogen-bond donors (Lipinski definition) is 0. The van der Waals surface area contributed by atoms with Crippen molar-refractivity contribution in [1.82, 2.24) is 0 Å². The highest BCUT2D eigenvalue weighted by atomic mass is 16.5. The Morgan fingerprint density at radius 1 is 1.18 bits per heavy atom. The van der Waals surface area contributed by atoms with Crippen LogP contribution in [0.3, 0.4) is 0 Å². The van der Waals surface area contributed by atoms with E-state index in [0.717, 1.165) is 5.57 Å². The van der Waals surface area contributed by atoms with Crippen LogP contribution in [0.1, 0.15) is 38.8 Å². The standard InChI is InChI=1S/C21H28O/c1-7-17(2)9-8-10-18(3)15-22-16-19-11-13-20(14-12-19)21(4,5)6/h7-14H,1-2,15-16H2,3-6H3/b9-8-,18-10+. The van der Waals surface area contributed by atoms with Crippen LogP contribution in [0, 0.1) is 0 Å². The van der Waals surface area contributed by atoms with E-state index in [0.29, 0.717) is 13.2 Å². The molecular formula is C21H28O. The quantitative estimate of drug-likeness (QED) is 0.582. The molecule has 0 spiro atoms. The van der Waals surface area contributed by atoms with Crippen molar-refractivity contribution in [2.45, 2.75) is 39.7 Å². The van der Waals surface area contributed by atoms with Gasteiger partial charge in [0.2, 0.25) is 0 Å². The predicted molar refractivity (Wildman–Crippen MR) is 97.0 cm³/mol. The summed E-state index contributed by atoms with van der Waals surface area (Å²) in [7, 11) is 0. The second kappa shape index (κ2) is 8.55. The third kappa shape index (κ3) is 6.73. The lowest BCUT2D eigenvalue weighted by Gasteiger charge is -2.19. The summed E-state index contributed by atoms with van der Waals surface area (Å²) in [5.41, 5.74) is 4.83. The zero-order valence-electron chi connectivity index (χ0n) is 14.4. The second-order valence-electron chi connectivity index (χ2n) is 6.59. The van der Waals surface area contributed by atoms with E-state index in [2.05, 4.69) is 65.1 Å². The third-order valence-electron chi connectivity index (χ3n) is 3.37. The second-order valence-corrected chi connectivity index (χ2v) is 6.59. The van der Waals surface area contributed by atoms with Crippen LogP contribution in [0.2, 0.25) is 0 Å². The largest absolute Gasteiger partial charge is 0.372 e. The number of hydrogen-bond acceptors (Lipinski definition) is 1. The molecule has 0 bridgehead atoms. The number of rotatable bonds is 7. The summed E-state index contributed by atoms with van der Waals surface area (Å²) in [5.74, 6) is 0. The molecule has 0 heterocycles. The molecule has 1 aromatic rings. The molecule has 0 saturated carbocycles. The first kappa shape index (κ1) is 18.2. The van der Waals surface area contributed by atoms with Gasteiger partial charge in [-0.2, -0.15) is 0 Å². The molecule has 0 unspecified atom stereocenters. The topological polar surface area (TPSA) is 9.23 Å². The molecule has 0 amide bonds. The van der Waals surface area contributed by atoms with Gasteiger partial charge in [0.1, 0.15) is 0 Å². The molecular weight excluding hydrogens is 268 g/mol. The summed E-state index contributed by atoms with van der Waals surface area (Å²) in [6.45, 7) is 17.5. The lowest BCUT2D eigenvalue weighted by molar-refractivity contribution is 0.142. The molecule has 0 aliphatic carbocycles. The van der Waals surface area contributed by atoms with Crippen LogP contribution in [0.25, 0.3) is 0 Å². The van der Waals surface area contributed by atoms with Crippen molar-refractivity contribution in [1.29, 1.82) is 0 Å². The minimum Gasteiger partial charge on any atom is -0.372 e. The van der Waals surface area contributed by atoms with Gasteiger partial charge in [0.15, 0.2) is 0 Å². The first-order valence-electron chi connectivity index (χ1n) is 7.65. The Labute approximate surface area is 135 Å². The van der Waals surface area contributed by atoms with E-state index in [1.807, 2.05) is 18.2 Å².